The van der Waals surface area contributed by atoms with Gasteiger partial charge in [0.25, 0.3) is 0 Å². The molecule has 0 radical (unpaired) electrons. The van der Waals surface area contributed by atoms with Crippen molar-refractivity contribution in [3.05, 3.63) is 42.0 Å². The van der Waals surface area contributed by atoms with E-state index in [-0.39, 0.29) is 0 Å². The minimum atomic E-state index is 0.765. The fraction of sp³-hybridized carbons (Fsp3) is 0.312. The molecular weight excluding hydrogens is 278 g/mol. The Morgan fingerprint density at radius 3 is 2.73 bits per heavy atom. The molecule has 0 saturated carbocycles. The van der Waals surface area contributed by atoms with Crippen molar-refractivity contribution in [3.8, 4) is 22.8 Å². The lowest BCUT2D eigenvalue weighted by Gasteiger charge is -2.11. The normalized spacial score (nSPS) is 10.9. The molecule has 0 aliphatic heterocycles. The molecular formula is C16H19N5O. The van der Waals surface area contributed by atoms with Gasteiger partial charge in [0.2, 0.25) is 0 Å². The Balaban J connectivity index is 2.17. The summed E-state index contributed by atoms with van der Waals surface area (Å²) >= 11 is 0. The number of aryl methyl sites for hydroxylation is 3. The molecule has 0 atom stereocenters. The van der Waals surface area contributed by atoms with Gasteiger partial charge in [0, 0.05) is 12.7 Å². The number of methoxy groups -OCH3 is 1. The summed E-state index contributed by atoms with van der Waals surface area (Å²) < 4.78 is 9.31. The van der Waals surface area contributed by atoms with E-state index < -0.39 is 0 Å². The van der Waals surface area contributed by atoms with Crippen molar-refractivity contribution < 1.29 is 4.74 Å². The zero-order valence-corrected chi connectivity index (χ0v) is 13.2. The number of benzene rings is 1. The van der Waals surface area contributed by atoms with Crippen LogP contribution in [0.15, 0.2) is 30.7 Å². The highest BCUT2D eigenvalue weighted by atomic mass is 16.5. The second kappa shape index (κ2) is 5.63. The Bertz CT molecular complexity index is 803. The van der Waals surface area contributed by atoms with Crippen LogP contribution in [0.2, 0.25) is 0 Å². The Labute approximate surface area is 129 Å². The Kier molecular flexibility index (Phi) is 3.66. The molecule has 0 aliphatic carbocycles. The van der Waals surface area contributed by atoms with E-state index in [4.69, 9.17) is 4.74 Å². The van der Waals surface area contributed by atoms with Gasteiger partial charge in [-0.15, -0.1) is 10.2 Å². The zero-order chi connectivity index (χ0) is 15.7. The van der Waals surface area contributed by atoms with Crippen LogP contribution in [0.3, 0.4) is 0 Å². The van der Waals surface area contributed by atoms with Gasteiger partial charge < -0.3 is 4.74 Å². The Morgan fingerprint density at radius 2 is 2.05 bits per heavy atom. The lowest BCUT2D eigenvalue weighted by atomic mass is 10.2. The van der Waals surface area contributed by atoms with Crippen LogP contribution in [0.25, 0.3) is 17.1 Å². The zero-order valence-electron chi connectivity index (χ0n) is 13.2. The van der Waals surface area contributed by atoms with Crippen molar-refractivity contribution in [2.75, 3.05) is 7.11 Å². The molecule has 0 spiro atoms. The van der Waals surface area contributed by atoms with Crippen molar-refractivity contribution in [2.24, 2.45) is 0 Å². The van der Waals surface area contributed by atoms with Gasteiger partial charge in [-0.2, -0.15) is 5.10 Å². The summed E-state index contributed by atoms with van der Waals surface area (Å²) in [5.74, 6) is 1.55. The third kappa shape index (κ3) is 2.36. The second-order valence-corrected chi connectivity index (χ2v) is 5.18. The second-order valence-electron chi connectivity index (χ2n) is 5.18. The quantitative estimate of drug-likeness (QED) is 0.743. The van der Waals surface area contributed by atoms with Crippen molar-refractivity contribution in [3.63, 3.8) is 0 Å². The molecule has 0 unspecified atom stereocenters. The number of rotatable bonds is 4. The highest BCUT2D eigenvalue weighted by Gasteiger charge is 2.17. The monoisotopic (exact) mass is 297 g/mol. The molecule has 0 saturated heterocycles. The van der Waals surface area contributed by atoms with Crippen molar-refractivity contribution in [2.45, 2.75) is 27.3 Å². The Morgan fingerprint density at radius 1 is 1.23 bits per heavy atom. The van der Waals surface area contributed by atoms with Crippen LogP contribution in [-0.4, -0.2) is 31.7 Å². The SMILES string of the molecule is CCn1cc(-c2nncn2-c2cc(C)ccc2OC)c(C)n1. The van der Waals surface area contributed by atoms with Crippen molar-refractivity contribution in [1.82, 2.24) is 24.5 Å². The van der Waals surface area contributed by atoms with Crippen molar-refractivity contribution in [1.29, 1.82) is 0 Å². The smallest absolute Gasteiger partial charge is 0.171 e. The van der Waals surface area contributed by atoms with E-state index in [1.54, 1.807) is 13.4 Å². The first kappa shape index (κ1) is 14.3. The van der Waals surface area contributed by atoms with Gasteiger partial charge in [-0.25, -0.2) is 0 Å². The van der Waals surface area contributed by atoms with E-state index in [2.05, 4.69) is 28.3 Å². The number of hydrogen-bond donors (Lipinski definition) is 0. The van der Waals surface area contributed by atoms with Crippen LogP contribution in [0, 0.1) is 13.8 Å². The maximum Gasteiger partial charge on any atom is 0.171 e. The number of hydrogen-bond acceptors (Lipinski definition) is 4. The lowest BCUT2D eigenvalue weighted by molar-refractivity contribution is 0.413. The molecule has 22 heavy (non-hydrogen) atoms. The summed E-state index contributed by atoms with van der Waals surface area (Å²) in [7, 11) is 1.67. The summed E-state index contributed by atoms with van der Waals surface area (Å²) in [5, 5.41) is 12.8. The highest BCUT2D eigenvalue weighted by molar-refractivity contribution is 5.62. The third-order valence-corrected chi connectivity index (χ3v) is 3.65. The van der Waals surface area contributed by atoms with Crippen molar-refractivity contribution >= 4 is 0 Å². The topological polar surface area (TPSA) is 57.8 Å². The highest BCUT2D eigenvalue weighted by Crippen LogP contribution is 2.29. The summed E-state index contributed by atoms with van der Waals surface area (Å²) in [6.45, 7) is 6.91. The molecule has 3 aromatic rings. The molecule has 0 amide bonds. The standard InChI is InChI=1S/C16H19N5O/c1-5-20-9-13(12(3)19-20)16-18-17-10-21(16)14-8-11(2)6-7-15(14)22-4/h6-10H,5H2,1-4H3. The molecule has 0 fully saturated rings. The largest absolute Gasteiger partial charge is 0.495 e. The number of nitrogens with zero attached hydrogens (tertiary/aromatic N) is 5. The molecule has 3 rings (SSSR count). The fourth-order valence-corrected chi connectivity index (χ4v) is 2.48. The van der Waals surface area contributed by atoms with Crippen LogP contribution in [0.1, 0.15) is 18.2 Å². The summed E-state index contributed by atoms with van der Waals surface area (Å²) in [6, 6.07) is 6.04. The van der Waals surface area contributed by atoms with E-state index in [1.165, 1.54) is 0 Å². The van der Waals surface area contributed by atoms with Crippen LogP contribution >= 0.6 is 0 Å². The van der Waals surface area contributed by atoms with E-state index >= 15 is 0 Å². The predicted molar refractivity (Wildman–Crippen MR) is 84.3 cm³/mol. The third-order valence-electron chi connectivity index (χ3n) is 3.65. The van der Waals surface area contributed by atoms with E-state index in [0.717, 1.165) is 40.6 Å². The minimum absolute atomic E-state index is 0.765. The van der Waals surface area contributed by atoms with Gasteiger partial charge in [-0.1, -0.05) is 6.07 Å². The van der Waals surface area contributed by atoms with Gasteiger partial charge in [0.15, 0.2) is 5.82 Å². The van der Waals surface area contributed by atoms with Gasteiger partial charge >= 0.3 is 0 Å². The molecule has 0 aliphatic rings. The first-order chi connectivity index (χ1) is 10.6. The number of aromatic nitrogens is 5. The Hall–Kier alpha value is -2.63. The van der Waals surface area contributed by atoms with Gasteiger partial charge in [-0.05, 0) is 38.5 Å². The van der Waals surface area contributed by atoms with E-state index in [0.29, 0.717) is 0 Å². The first-order valence-corrected chi connectivity index (χ1v) is 7.23. The maximum absolute atomic E-state index is 5.47. The average Bonchev–Trinajstić information content (AvgIpc) is 3.13. The number of ether oxygens (including phenoxy) is 1. The van der Waals surface area contributed by atoms with Crippen LogP contribution in [0.4, 0.5) is 0 Å². The summed E-state index contributed by atoms with van der Waals surface area (Å²) in [6.07, 6.45) is 3.70. The summed E-state index contributed by atoms with van der Waals surface area (Å²) in [5.41, 5.74) is 3.98. The molecule has 1 aromatic carbocycles. The molecule has 6 heteroatoms. The average molecular weight is 297 g/mol. The molecule has 114 valence electrons. The molecule has 2 aromatic heterocycles. The van der Waals surface area contributed by atoms with Gasteiger partial charge in [0.1, 0.15) is 12.1 Å². The molecule has 6 nitrogen and oxygen atoms in total. The molecule has 0 N–H and O–H groups in total. The van der Waals surface area contributed by atoms with E-state index in [1.807, 2.05) is 41.4 Å². The van der Waals surface area contributed by atoms with Gasteiger partial charge in [0.05, 0.1) is 24.1 Å². The fourth-order valence-electron chi connectivity index (χ4n) is 2.48. The first-order valence-electron chi connectivity index (χ1n) is 7.23. The lowest BCUT2D eigenvalue weighted by Crippen LogP contribution is -2.00. The van der Waals surface area contributed by atoms with Gasteiger partial charge in [-0.3, -0.25) is 9.25 Å². The molecule has 2 heterocycles. The molecule has 0 bridgehead atoms. The van der Waals surface area contributed by atoms with Crippen LogP contribution in [-0.2, 0) is 6.54 Å². The minimum Gasteiger partial charge on any atom is -0.495 e. The van der Waals surface area contributed by atoms with Crippen LogP contribution in [0.5, 0.6) is 5.75 Å². The maximum atomic E-state index is 5.47. The summed E-state index contributed by atoms with van der Waals surface area (Å²) in [4.78, 5) is 0. The predicted octanol–water partition coefficient (Wildman–Crippen LogP) is 2.78. The van der Waals surface area contributed by atoms with Crippen LogP contribution < -0.4 is 4.74 Å². The van der Waals surface area contributed by atoms with E-state index in [9.17, 15) is 0 Å².